The van der Waals surface area contributed by atoms with Crippen LogP contribution in [0.4, 0.5) is 14.0 Å². The van der Waals surface area contributed by atoms with Crippen LogP contribution in [0.2, 0.25) is 0 Å². The van der Waals surface area contributed by atoms with Crippen LogP contribution in [0.3, 0.4) is 0 Å². The smallest absolute Gasteiger partial charge is 0.419 e. The fourth-order valence-electron chi connectivity index (χ4n) is 5.07. The summed E-state index contributed by atoms with van der Waals surface area (Å²) in [6, 6.07) is 9.85. The number of nitrogens with zero attached hydrogens (tertiary/aromatic N) is 2. The summed E-state index contributed by atoms with van der Waals surface area (Å²) in [5.41, 5.74) is 0.857. The highest BCUT2D eigenvalue weighted by Crippen LogP contribution is 2.38. The number of rotatable bonds is 4. The molecular weight excluding hydrogens is 543 g/mol. The van der Waals surface area contributed by atoms with Gasteiger partial charge in [-0.2, -0.15) is 0 Å². The number of aryl methyl sites for hydroxylation is 1. The monoisotopic (exact) mass is 582 g/mol. The van der Waals surface area contributed by atoms with E-state index >= 15 is 4.39 Å². The average Bonchev–Trinajstić information content (AvgIpc) is 3.35. The molecule has 42 heavy (non-hydrogen) atoms. The molecule has 0 saturated carbocycles. The molecule has 0 radical (unpaired) electrons. The molecule has 1 fully saturated rings. The van der Waals surface area contributed by atoms with Gasteiger partial charge in [0.2, 0.25) is 0 Å². The number of carbonyl (C=O) groups is 3. The van der Waals surface area contributed by atoms with Crippen LogP contribution in [0.1, 0.15) is 75.4 Å². The highest BCUT2D eigenvalue weighted by Gasteiger charge is 2.37. The zero-order valence-corrected chi connectivity index (χ0v) is 25.4. The number of esters is 1. The summed E-state index contributed by atoms with van der Waals surface area (Å²) in [5.74, 6) is -1.38. The lowest BCUT2D eigenvalue weighted by Gasteiger charge is -2.39. The Labute approximate surface area is 245 Å². The topological polar surface area (TPSA) is 96.3 Å². The number of halogens is 1. The molecule has 0 unspecified atom stereocenters. The van der Waals surface area contributed by atoms with Crippen molar-refractivity contribution in [1.82, 2.24) is 9.47 Å². The normalized spacial score (nSPS) is 17.6. The minimum Gasteiger partial charge on any atom is -0.486 e. The van der Waals surface area contributed by atoms with E-state index in [2.05, 4.69) is 0 Å². The number of fused-ring (bicyclic) bond motifs is 1. The van der Waals surface area contributed by atoms with Crippen LogP contribution in [0.25, 0.3) is 10.9 Å². The number of hydrogen-bond acceptors (Lipinski definition) is 7. The third kappa shape index (κ3) is 6.86. The van der Waals surface area contributed by atoms with Crippen LogP contribution < -0.4 is 4.74 Å². The van der Waals surface area contributed by atoms with Gasteiger partial charge in [-0.1, -0.05) is 12.1 Å². The largest absolute Gasteiger partial charge is 0.486 e. The van der Waals surface area contributed by atoms with Gasteiger partial charge in [0.05, 0.1) is 18.2 Å². The number of piperidine rings is 1. The van der Waals surface area contributed by atoms with Gasteiger partial charge in [-0.05, 0) is 83.9 Å². The quantitative estimate of drug-likeness (QED) is 0.246. The fourth-order valence-corrected chi connectivity index (χ4v) is 5.07. The standard InChI is InChI=1S/C32H39FN2O7/c1-19-17-24(33)27(22-13-16-35(26(19)22)30(38)42-32(5,6)7)40-25-14-15-34(29(37)41-31(2,3)4)18-23(25)20-9-11-21(12-10-20)28(36)39-8/h9-13,16-17,23,25H,14-15,18H2,1-8H3/t23-,25+/m0/s1. The predicted molar refractivity (Wildman–Crippen MR) is 156 cm³/mol. The maximum absolute atomic E-state index is 15.5. The van der Waals surface area contributed by atoms with Crippen LogP contribution >= 0.6 is 0 Å². The molecule has 3 aromatic rings. The van der Waals surface area contributed by atoms with Gasteiger partial charge in [0.1, 0.15) is 17.3 Å². The maximum atomic E-state index is 15.5. The van der Waals surface area contributed by atoms with Crippen LogP contribution in [0, 0.1) is 12.7 Å². The molecule has 10 heteroatoms. The minimum atomic E-state index is -0.709. The molecule has 9 nitrogen and oxygen atoms in total. The molecule has 1 aliphatic rings. The molecule has 2 heterocycles. The molecule has 1 aliphatic heterocycles. The van der Waals surface area contributed by atoms with Crippen LogP contribution in [-0.4, -0.2) is 65.1 Å². The van der Waals surface area contributed by atoms with Crippen LogP contribution in [-0.2, 0) is 14.2 Å². The first-order valence-electron chi connectivity index (χ1n) is 13.9. The van der Waals surface area contributed by atoms with E-state index in [1.54, 1.807) is 89.9 Å². The van der Waals surface area contributed by atoms with E-state index in [0.29, 0.717) is 35.0 Å². The molecule has 1 saturated heterocycles. The summed E-state index contributed by atoms with van der Waals surface area (Å²) in [6.07, 6.45) is 0.386. The Bertz CT molecular complexity index is 1480. The van der Waals surface area contributed by atoms with E-state index in [1.165, 1.54) is 17.7 Å². The number of carbonyl (C=O) groups excluding carboxylic acids is 3. The second-order valence-electron chi connectivity index (χ2n) is 12.5. The second-order valence-corrected chi connectivity index (χ2v) is 12.5. The molecule has 1 aromatic heterocycles. The molecule has 2 aromatic carbocycles. The summed E-state index contributed by atoms with van der Waals surface area (Å²) >= 11 is 0. The van der Waals surface area contributed by atoms with Crippen molar-refractivity contribution in [3.8, 4) is 5.75 Å². The number of aromatic nitrogens is 1. The predicted octanol–water partition coefficient (Wildman–Crippen LogP) is 6.83. The first-order valence-corrected chi connectivity index (χ1v) is 13.9. The minimum absolute atomic E-state index is 0.0183. The van der Waals surface area contributed by atoms with Gasteiger partial charge in [0, 0.05) is 37.0 Å². The van der Waals surface area contributed by atoms with Crippen molar-refractivity contribution in [3.63, 3.8) is 0 Å². The Morgan fingerprint density at radius 2 is 1.55 bits per heavy atom. The van der Waals surface area contributed by atoms with Crippen molar-refractivity contribution in [2.45, 2.75) is 78.1 Å². The van der Waals surface area contributed by atoms with Crippen molar-refractivity contribution in [1.29, 1.82) is 0 Å². The Morgan fingerprint density at radius 1 is 0.929 bits per heavy atom. The van der Waals surface area contributed by atoms with E-state index < -0.39 is 41.3 Å². The summed E-state index contributed by atoms with van der Waals surface area (Å²) in [7, 11) is 1.31. The van der Waals surface area contributed by atoms with Crippen molar-refractivity contribution in [3.05, 3.63) is 65.1 Å². The third-order valence-corrected chi connectivity index (χ3v) is 6.89. The molecule has 0 bridgehead atoms. The van der Waals surface area contributed by atoms with Gasteiger partial charge in [-0.15, -0.1) is 0 Å². The van der Waals surface area contributed by atoms with E-state index in [9.17, 15) is 14.4 Å². The Balaban J connectivity index is 1.70. The average molecular weight is 583 g/mol. The number of methoxy groups -OCH3 is 1. The lowest BCUT2D eigenvalue weighted by molar-refractivity contribution is 0.00742. The van der Waals surface area contributed by atoms with E-state index in [0.717, 1.165) is 5.56 Å². The molecular formula is C32H39FN2O7. The number of benzene rings is 2. The summed E-state index contributed by atoms with van der Waals surface area (Å²) in [4.78, 5) is 39.5. The third-order valence-electron chi connectivity index (χ3n) is 6.89. The van der Waals surface area contributed by atoms with E-state index in [4.69, 9.17) is 18.9 Å². The SMILES string of the molecule is COC(=O)c1ccc([C@@H]2CN(C(=O)OC(C)(C)C)CC[C@H]2Oc2c(F)cc(C)c3c2ccn3C(=O)OC(C)(C)C)cc1. The zero-order valence-electron chi connectivity index (χ0n) is 25.4. The molecule has 0 aliphatic carbocycles. The van der Waals surface area contributed by atoms with Crippen molar-refractivity contribution in [2.24, 2.45) is 0 Å². The molecule has 1 amide bonds. The molecule has 0 spiro atoms. The lowest BCUT2D eigenvalue weighted by atomic mass is 9.87. The fraction of sp³-hybridized carbons (Fsp3) is 0.469. The van der Waals surface area contributed by atoms with E-state index in [-0.39, 0.29) is 18.2 Å². The maximum Gasteiger partial charge on any atom is 0.419 e. The summed E-state index contributed by atoms with van der Waals surface area (Å²) < 4.78 is 39.3. The number of likely N-dealkylation sites (tertiary alicyclic amines) is 1. The van der Waals surface area contributed by atoms with Gasteiger partial charge in [-0.3, -0.25) is 4.57 Å². The number of ether oxygens (including phenoxy) is 4. The first-order chi connectivity index (χ1) is 19.6. The highest BCUT2D eigenvalue weighted by atomic mass is 19.1. The molecule has 2 atom stereocenters. The van der Waals surface area contributed by atoms with Gasteiger partial charge in [0.15, 0.2) is 11.6 Å². The van der Waals surface area contributed by atoms with Crippen LogP contribution in [0.5, 0.6) is 5.75 Å². The Morgan fingerprint density at radius 3 is 2.14 bits per heavy atom. The van der Waals surface area contributed by atoms with Gasteiger partial charge >= 0.3 is 18.2 Å². The first kappa shape index (κ1) is 30.9. The summed E-state index contributed by atoms with van der Waals surface area (Å²) in [5, 5.41) is 0.438. The molecule has 226 valence electrons. The Hall–Kier alpha value is -4.08. The van der Waals surface area contributed by atoms with Gasteiger partial charge in [0.25, 0.3) is 0 Å². The van der Waals surface area contributed by atoms with Crippen molar-refractivity contribution in [2.75, 3.05) is 20.2 Å². The Kier molecular flexibility index (Phi) is 8.57. The van der Waals surface area contributed by atoms with Gasteiger partial charge < -0.3 is 23.8 Å². The highest BCUT2D eigenvalue weighted by molar-refractivity contribution is 5.95. The van der Waals surface area contributed by atoms with Crippen molar-refractivity contribution >= 4 is 29.1 Å². The van der Waals surface area contributed by atoms with Crippen molar-refractivity contribution < 1.29 is 37.7 Å². The second kappa shape index (κ2) is 11.7. The summed E-state index contributed by atoms with van der Waals surface area (Å²) in [6.45, 7) is 13.1. The number of hydrogen-bond donors (Lipinski definition) is 0. The van der Waals surface area contributed by atoms with E-state index in [1.807, 2.05) is 0 Å². The lowest BCUT2D eigenvalue weighted by Crippen LogP contribution is -2.48. The molecule has 4 rings (SSSR count). The molecule has 0 N–H and O–H groups in total. The number of amides is 1. The van der Waals surface area contributed by atoms with Gasteiger partial charge in [-0.25, -0.2) is 18.8 Å². The van der Waals surface area contributed by atoms with Crippen LogP contribution in [0.15, 0.2) is 42.6 Å². The zero-order chi connectivity index (χ0) is 31.0.